The number of rotatable bonds is 3. The summed E-state index contributed by atoms with van der Waals surface area (Å²) in [6.07, 6.45) is 2.56. The zero-order chi connectivity index (χ0) is 11.8. The molecule has 0 fully saturated rings. The van der Waals surface area contributed by atoms with Crippen molar-refractivity contribution in [2.75, 3.05) is 0 Å². The van der Waals surface area contributed by atoms with Crippen LogP contribution in [0, 0.1) is 0 Å². The average molecular weight is 221 g/mol. The van der Waals surface area contributed by atoms with Gasteiger partial charge in [0, 0.05) is 13.2 Å². The fourth-order valence-electron chi connectivity index (χ4n) is 1.25. The Balaban J connectivity index is 2.33. The number of aryl methyl sites for hydroxylation is 1. The van der Waals surface area contributed by atoms with E-state index in [2.05, 4.69) is 15.2 Å². The predicted octanol–water partition coefficient (Wildman–Crippen LogP) is 1.05. The molecule has 0 aliphatic heterocycles. The van der Waals surface area contributed by atoms with Crippen LogP contribution in [0.2, 0.25) is 0 Å². The highest BCUT2D eigenvalue weighted by atomic mass is 16.5. The smallest absolute Gasteiger partial charge is 0.246 e. The first-order valence-electron chi connectivity index (χ1n) is 5.16. The van der Waals surface area contributed by atoms with Crippen molar-refractivity contribution in [2.45, 2.75) is 25.8 Å². The fraction of sp³-hybridized carbons (Fsp3) is 0.500. The molecule has 0 saturated carbocycles. The molecule has 2 rings (SSSR count). The Labute approximate surface area is 93.4 Å². The van der Waals surface area contributed by atoms with E-state index in [-0.39, 0.29) is 0 Å². The molecule has 0 aromatic carbocycles. The normalized spacial score (nSPS) is 15.0. The maximum atomic E-state index is 6.01. The first-order valence-corrected chi connectivity index (χ1v) is 5.16. The second-order valence-corrected chi connectivity index (χ2v) is 4.07. The van der Waals surface area contributed by atoms with E-state index in [0.717, 1.165) is 6.42 Å². The quantitative estimate of drug-likeness (QED) is 0.837. The number of nitrogens with two attached hydrogens (primary N) is 1. The molecule has 2 aromatic rings. The molecule has 0 spiro atoms. The van der Waals surface area contributed by atoms with Crippen LogP contribution in [-0.4, -0.2) is 19.9 Å². The molecule has 1 atom stereocenters. The van der Waals surface area contributed by atoms with E-state index in [9.17, 15) is 0 Å². The summed E-state index contributed by atoms with van der Waals surface area (Å²) < 4.78 is 6.84. The summed E-state index contributed by atoms with van der Waals surface area (Å²) in [5, 5.41) is 8.07. The van der Waals surface area contributed by atoms with Crippen molar-refractivity contribution in [3.05, 3.63) is 18.2 Å². The van der Waals surface area contributed by atoms with Crippen molar-refractivity contribution >= 4 is 0 Å². The number of hydrogen-bond acceptors (Lipinski definition) is 5. The molecule has 0 aliphatic rings. The molecule has 0 aliphatic carbocycles. The Bertz CT molecular complexity index is 485. The van der Waals surface area contributed by atoms with Gasteiger partial charge in [-0.15, -0.1) is 0 Å². The SMILES string of the molecule is CCC(C)(N)c1nc(-c2ccn(C)n2)no1. The van der Waals surface area contributed by atoms with Crippen LogP contribution in [0.3, 0.4) is 0 Å². The first kappa shape index (κ1) is 10.8. The van der Waals surface area contributed by atoms with E-state index in [0.29, 0.717) is 17.4 Å². The van der Waals surface area contributed by atoms with Gasteiger partial charge in [0.25, 0.3) is 0 Å². The van der Waals surface area contributed by atoms with Crippen LogP contribution >= 0.6 is 0 Å². The topological polar surface area (TPSA) is 82.8 Å². The van der Waals surface area contributed by atoms with E-state index in [4.69, 9.17) is 10.3 Å². The van der Waals surface area contributed by atoms with E-state index in [1.165, 1.54) is 0 Å². The summed E-state index contributed by atoms with van der Waals surface area (Å²) in [5.41, 5.74) is 6.11. The van der Waals surface area contributed by atoms with Crippen molar-refractivity contribution in [3.63, 3.8) is 0 Å². The van der Waals surface area contributed by atoms with E-state index < -0.39 is 5.54 Å². The zero-order valence-corrected chi connectivity index (χ0v) is 9.64. The Hall–Kier alpha value is -1.69. The van der Waals surface area contributed by atoms with Crippen LogP contribution in [0.4, 0.5) is 0 Å². The average Bonchev–Trinajstić information content (AvgIpc) is 2.85. The lowest BCUT2D eigenvalue weighted by atomic mass is 10.0. The zero-order valence-electron chi connectivity index (χ0n) is 9.64. The van der Waals surface area contributed by atoms with Gasteiger partial charge in [0.2, 0.25) is 11.7 Å². The standard InChI is InChI=1S/C10H15N5O/c1-4-10(2,11)9-12-8(14-16-9)7-5-6-15(3)13-7/h5-6H,4,11H2,1-3H3. The maximum Gasteiger partial charge on any atom is 0.246 e. The van der Waals surface area contributed by atoms with Crippen LogP contribution in [0.1, 0.15) is 26.2 Å². The molecular weight excluding hydrogens is 206 g/mol. The number of aromatic nitrogens is 4. The van der Waals surface area contributed by atoms with E-state index in [1.807, 2.05) is 33.2 Å². The third kappa shape index (κ3) is 1.83. The molecule has 0 radical (unpaired) electrons. The van der Waals surface area contributed by atoms with Gasteiger partial charge in [0.05, 0.1) is 5.54 Å². The van der Waals surface area contributed by atoms with E-state index >= 15 is 0 Å². The molecule has 0 saturated heterocycles. The van der Waals surface area contributed by atoms with Crippen LogP contribution < -0.4 is 5.73 Å². The van der Waals surface area contributed by atoms with Gasteiger partial charge in [-0.1, -0.05) is 12.1 Å². The van der Waals surface area contributed by atoms with Gasteiger partial charge in [-0.3, -0.25) is 4.68 Å². The Kier molecular flexibility index (Phi) is 2.51. The molecule has 16 heavy (non-hydrogen) atoms. The lowest BCUT2D eigenvalue weighted by Gasteiger charge is -2.16. The predicted molar refractivity (Wildman–Crippen MR) is 58.3 cm³/mol. The van der Waals surface area contributed by atoms with Crippen LogP contribution in [-0.2, 0) is 12.6 Å². The Morgan fingerprint density at radius 1 is 1.56 bits per heavy atom. The van der Waals surface area contributed by atoms with Gasteiger partial charge in [-0.05, 0) is 19.4 Å². The summed E-state index contributed by atoms with van der Waals surface area (Å²) in [7, 11) is 1.84. The second-order valence-electron chi connectivity index (χ2n) is 4.07. The minimum atomic E-state index is -0.583. The summed E-state index contributed by atoms with van der Waals surface area (Å²) in [6.45, 7) is 3.84. The highest BCUT2D eigenvalue weighted by Crippen LogP contribution is 2.22. The minimum Gasteiger partial charge on any atom is -0.337 e. The Morgan fingerprint density at radius 3 is 2.88 bits per heavy atom. The minimum absolute atomic E-state index is 0.440. The van der Waals surface area contributed by atoms with Crippen molar-refractivity contribution in [1.82, 2.24) is 19.9 Å². The lowest BCUT2D eigenvalue weighted by molar-refractivity contribution is 0.291. The summed E-state index contributed by atoms with van der Waals surface area (Å²) in [6, 6.07) is 1.83. The fourth-order valence-corrected chi connectivity index (χ4v) is 1.25. The molecule has 2 N–H and O–H groups in total. The van der Waals surface area contributed by atoms with Crippen molar-refractivity contribution < 1.29 is 4.52 Å². The molecule has 0 amide bonds. The Morgan fingerprint density at radius 2 is 2.31 bits per heavy atom. The van der Waals surface area contributed by atoms with Gasteiger partial charge in [-0.2, -0.15) is 10.1 Å². The monoisotopic (exact) mass is 221 g/mol. The summed E-state index contributed by atoms with van der Waals surface area (Å²) >= 11 is 0. The molecule has 2 aromatic heterocycles. The number of hydrogen-bond donors (Lipinski definition) is 1. The molecule has 6 nitrogen and oxygen atoms in total. The molecule has 2 heterocycles. The van der Waals surface area contributed by atoms with Crippen LogP contribution in [0.15, 0.2) is 16.8 Å². The van der Waals surface area contributed by atoms with Gasteiger partial charge in [0.15, 0.2) is 0 Å². The van der Waals surface area contributed by atoms with Gasteiger partial charge in [-0.25, -0.2) is 0 Å². The van der Waals surface area contributed by atoms with Crippen molar-refractivity contribution in [2.24, 2.45) is 12.8 Å². The molecule has 6 heteroatoms. The second kappa shape index (κ2) is 3.71. The first-order chi connectivity index (χ1) is 7.53. The third-order valence-corrected chi connectivity index (χ3v) is 2.59. The molecular formula is C10H15N5O. The van der Waals surface area contributed by atoms with Crippen molar-refractivity contribution in [3.8, 4) is 11.5 Å². The summed E-state index contributed by atoms with van der Waals surface area (Å²) in [4.78, 5) is 4.26. The third-order valence-electron chi connectivity index (χ3n) is 2.59. The molecule has 0 bridgehead atoms. The largest absolute Gasteiger partial charge is 0.337 e. The van der Waals surface area contributed by atoms with Gasteiger partial charge in [0.1, 0.15) is 5.69 Å². The lowest BCUT2D eigenvalue weighted by Crippen LogP contribution is -2.32. The van der Waals surface area contributed by atoms with Crippen LogP contribution in [0.25, 0.3) is 11.5 Å². The number of nitrogens with zero attached hydrogens (tertiary/aromatic N) is 4. The van der Waals surface area contributed by atoms with Crippen LogP contribution in [0.5, 0.6) is 0 Å². The molecule has 1 unspecified atom stereocenters. The highest BCUT2D eigenvalue weighted by molar-refractivity contribution is 5.46. The maximum absolute atomic E-state index is 6.01. The van der Waals surface area contributed by atoms with Gasteiger partial charge < -0.3 is 10.3 Å². The van der Waals surface area contributed by atoms with Gasteiger partial charge >= 0.3 is 0 Å². The summed E-state index contributed by atoms with van der Waals surface area (Å²) in [5.74, 6) is 0.913. The molecule has 86 valence electrons. The van der Waals surface area contributed by atoms with Crippen molar-refractivity contribution in [1.29, 1.82) is 0 Å². The van der Waals surface area contributed by atoms with E-state index in [1.54, 1.807) is 4.68 Å². The highest BCUT2D eigenvalue weighted by Gasteiger charge is 2.26.